The predicted molar refractivity (Wildman–Crippen MR) is 44.9 cm³/mol. The number of amides is 1. The van der Waals surface area contributed by atoms with Crippen molar-refractivity contribution in [3.05, 3.63) is 0 Å². The van der Waals surface area contributed by atoms with E-state index in [0.717, 1.165) is 6.29 Å². The lowest BCUT2D eigenvalue weighted by Crippen LogP contribution is -2.26. The lowest BCUT2D eigenvalue weighted by molar-refractivity contribution is -0.107. The zero-order valence-corrected chi connectivity index (χ0v) is 7.50. The Morgan fingerprint density at radius 2 is 2.25 bits per heavy atom. The highest BCUT2D eigenvalue weighted by Gasteiger charge is 2.01. The first-order valence-corrected chi connectivity index (χ1v) is 4.01. The second kappa shape index (κ2) is 6.64. The molecule has 4 nitrogen and oxygen atoms in total. The summed E-state index contributed by atoms with van der Waals surface area (Å²) in [5, 5.41) is 2.45. The highest BCUT2D eigenvalue weighted by atomic mass is 16.5. The SMILES string of the molecule is CC(C)COC(=O)NCCC=O. The zero-order valence-electron chi connectivity index (χ0n) is 7.50. The summed E-state index contributed by atoms with van der Waals surface area (Å²) < 4.78 is 4.78. The normalized spacial score (nSPS) is 9.58. The van der Waals surface area contributed by atoms with Crippen LogP contribution in [0, 0.1) is 5.92 Å². The number of carbonyl (C=O) groups excluding carboxylic acids is 2. The molecule has 0 spiro atoms. The van der Waals surface area contributed by atoms with Crippen LogP contribution in [0.15, 0.2) is 0 Å². The van der Waals surface area contributed by atoms with Gasteiger partial charge in [0.05, 0.1) is 6.61 Å². The Bertz CT molecular complexity index is 145. The van der Waals surface area contributed by atoms with Crippen LogP contribution in [0.2, 0.25) is 0 Å². The molecule has 0 bridgehead atoms. The van der Waals surface area contributed by atoms with E-state index in [9.17, 15) is 9.59 Å². The molecule has 0 aliphatic rings. The maximum Gasteiger partial charge on any atom is 0.407 e. The van der Waals surface area contributed by atoms with Gasteiger partial charge in [-0.05, 0) is 5.92 Å². The molecule has 4 heteroatoms. The predicted octanol–water partition coefficient (Wildman–Crippen LogP) is 0.958. The van der Waals surface area contributed by atoms with Crippen molar-refractivity contribution in [3.63, 3.8) is 0 Å². The number of rotatable bonds is 5. The van der Waals surface area contributed by atoms with E-state index in [1.54, 1.807) is 0 Å². The van der Waals surface area contributed by atoms with Crippen molar-refractivity contribution in [2.24, 2.45) is 5.92 Å². The second-order valence-electron chi connectivity index (χ2n) is 2.87. The van der Waals surface area contributed by atoms with Gasteiger partial charge in [-0.1, -0.05) is 13.8 Å². The van der Waals surface area contributed by atoms with Crippen molar-refractivity contribution in [1.29, 1.82) is 0 Å². The fourth-order valence-electron chi connectivity index (χ4n) is 0.527. The van der Waals surface area contributed by atoms with E-state index >= 15 is 0 Å². The lowest BCUT2D eigenvalue weighted by atomic mass is 10.2. The molecule has 0 aromatic carbocycles. The molecule has 0 radical (unpaired) electrons. The maximum atomic E-state index is 10.8. The Morgan fingerprint density at radius 3 is 2.75 bits per heavy atom. The van der Waals surface area contributed by atoms with Crippen molar-refractivity contribution >= 4 is 12.4 Å². The fraction of sp³-hybridized carbons (Fsp3) is 0.750. The Kier molecular flexibility index (Phi) is 6.05. The summed E-state index contributed by atoms with van der Waals surface area (Å²) in [6, 6.07) is 0. The third-order valence-corrected chi connectivity index (χ3v) is 1.08. The molecule has 0 saturated carbocycles. The fourth-order valence-corrected chi connectivity index (χ4v) is 0.527. The monoisotopic (exact) mass is 173 g/mol. The van der Waals surface area contributed by atoms with Gasteiger partial charge in [0.25, 0.3) is 0 Å². The van der Waals surface area contributed by atoms with Gasteiger partial charge in [-0.15, -0.1) is 0 Å². The van der Waals surface area contributed by atoms with Crippen molar-refractivity contribution in [1.82, 2.24) is 5.32 Å². The Balaban J connectivity index is 3.27. The topological polar surface area (TPSA) is 55.4 Å². The summed E-state index contributed by atoms with van der Waals surface area (Å²) in [6.45, 7) is 4.67. The smallest absolute Gasteiger partial charge is 0.407 e. The third kappa shape index (κ3) is 7.05. The zero-order chi connectivity index (χ0) is 9.40. The minimum Gasteiger partial charge on any atom is -0.449 e. The van der Waals surface area contributed by atoms with Gasteiger partial charge in [0.15, 0.2) is 0 Å². The van der Waals surface area contributed by atoms with Gasteiger partial charge >= 0.3 is 6.09 Å². The van der Waals surface area contributed by atoms with Gasteiger partial charge < -0.3 is 14.8 Å². The standard InChI is InChI=1S/C8H15NO3/c1-7(2)6-12-8(11)9-4-3-5-10/h5,7H,3-4,6H2,1-2H3,(H,9,11). The number of carbonyl (C=O) groups is 2. The van der Waals surface area contributed by atoms with Crippen molar-refractivity contribution in [2.75, 3.05) is 13.2 Å². The van der Waals surface area contributed by atoms with Gasteiger partial charge in [0.2, 0.25) is 0 Å². The number of hydrogen-bond acceptors (Lipinski definition) is 3. The first-order valence-electron chi connectivity index (χ1n) is 4.01. The molecule has 1 amide bonds. The van der Waals surface area contributed by atoms with E-state index in [1.807, 2.05) is 13.8 Å². The van der Waals surface area contributed by atoms with Gasteiger partial charge in [-0.2, -0.15) is 0 Å². The Hall–Kier alpha value is -1.06. The highest BCUT2D eigenvalue weighted by molar-refractivity contribution is 5.67. The van der Waals surface area contributed by atoms with Crippen LogP contribution in [0.1, 0.15) is 20.3 Å². The van der Waals surface area contributed by atoms with E-state index in [0.29, 0.717) is 25.5 Å². The number of nitrogens with one attached hydrogen (secondary N) is 1. The van der Waals surface area contributed by atoms with E-state index < -0.39 is 6.09 Å². The number of ether oxygens (including phenoxy) is 1. The Morgan fingerprint density at radius 1 is 1.58 bits per heavy atom. The van der Waals surface area contributed by atoms with Gasteiger partial charge in [0, 0.05) is 13.0 Å². The maximum absolute atomic E-state index is 10.8. The molecule has 0 aromatic heterocycles. The average Bonchev–Trinajstić information content (AvgIpc) is 2.01. The molecule has 70 valence electrons. The summed E-state index contributed by atoms with van der Waals surface area (Å²) in [5.74, 6) is 0.335. The largest absolute Gasteiger partial charge is 0.449 e. The summed E-state index contributed by atoms with van der Waals surface area (Å²) in [7, 11) is 0. The van der Waals surface area contributed by atoms with Crippen LogP contribution in [0.25, 0.3) is 0 Å². The van der Waals surface area contributed by atoms with Gasteiger partial charge in [-0.25, -0.2) is 4.79 Å². The quantitative estimate of drug-likeness (QED) is 0.497. The van der Waals surface area contributed by atoms with Crippen LogP contribution in [0.5, 0.6) is 0 Å². The van der Waals surface area contributed by atoms with Crippen molar-refractivity contribution < 1.29 is 14.3 Å². The molecule has 0 aromatic rings. The molecule has 0 rings (SSSR count). The molecule has 0 fully saturated rings. The minimum absolute atomic E-state index is 0.330. The first kappa shape index (κ1) is 10.9. The Labute approximate surface area is 72.3 Å². The summed E-state index contributed by atoms with van der Waals surface area (Å²) >= 11 is 0. The van der Waals surface area contributed by atoms with Crippen LogP contribution in [0.4, 0.5) is 4.79 Å². The first-order chi connectivity index (χ1) is 5.66. The molecule has 0 aliphatic heterocycles. The van der Waals surface area contributed by atoms with E-state index in [2.05, 4.69) is 5.32 Å². The van der Waals surface area contributed by atoms with Crippen LogP contribution in [0.3, 0.4) is 0 Å². The van der Waals surface area contributed by atoms with Crippen LogP contribution < -0.4 is 5.32 Å². The molecule has 0 saturated heterocycles. The molecule has 12 heavy (non-hydrogen) atoms. The minimum atomic E-state index is -0.453. The number of hydrogen-bond donors (Lipinski definition) is 1. The summed E-state index contributed by atoms with van der Waals surface area (Å²) in [6.07, 6.45) is 0.630. The van der Waals surface area contributed by atoms with Gasteiger partial charge in [0.1, 0.15) is 6.29 Å². The molecule has 0 aliphatic carbocycles. The summed E-state index contributed by atoms with van der Waals surface area (Å²) in [5.41, 5.74) is 0. The van der Waals surface area contributed by atoms with E-state index in [1.165, 1.54) is 0 Å². The number of alkyl carbamates (subject to hydrolysis) is 1. The van der Waals surface area contributed by atoms with Crippen LogP contribution in [-0.2, 0) is 9.53 Å². The van der Waals surface area contributed by atoms with E-state index in [4.69, 9.17) is 4.74 Å². The third-order valence-electron chi connectivity index (χ3n) is 1.08. The lowest BCUT2D eigenvalue weighted by Gasteiger charge is -2.07. The molecule has 0 heterocycles. The number of aldehydes is 1. The highest BCUT2D eigenvalue weighted by Crippen LogP contribution is 1.92. The molecular formula is C8H15NO3. The second-order valence-corrected chi connectivity index (χ2v) is 2.87. The molecule has 1 N–H and O–H groups in total. The molecular weight excluding hydrogens is 158 g/mol. The molecule has 0 atom stereocenters. The van der Waals surface area contributed by atoms with Gasteiger partial charge in [-0.3, -0.25) is 0 Å². The summed E-state index contributed by atoms with van der Waals surface area (Å²) in [4.78, 5) is 20.6. The van der Waals surface area contributed by atoms with Crippen molar-refractivity contribution in [3.8, 4) is 0 Å². The van der Waals surface area contributed by atoms with E-state index in [-0.39, 0.29) is 0 Å². The average molecular weight is 173 g/mol. The molecule has 0 unspecified atom stereocenters. The van der Waals surface area contributed by atoms with Crippen LogP contribution in [-0.4, -0.2) is 25.5 Å². The van der Waals surface area contributed by atoms with Crippen LogP contribution >= 0.6 is 0 Å². The van der Waals surface area contributed by atoms with Crippen molar-refractivity contribution in [2.45, 2.75) is 20.3 Å².